The van der Waals surface area contributed by atoms with Crippen molar-refractivity contribution in [3.8, 4) is 0 Å². The molecule has 0 unspecified atom stereocenters. The van der Waals surface area contributed by atoms with Gasteiger partial charge in [0.1, 0.15) is 11.6 Å². The molecule has 0 saturated carbocycles. The van der Waals surface area contributed by atoms with E-state index in [0.717, 1.165) is 27.8 Å². The standard InChI is InChI=1S/C27H21FN6O/c28-21-10-11-23-22(16-21)26(27(35)29-13-12-25-31-30-24-7-3-4-14-33(24)25)32-34(23)17-18-8-9-19-5-1-2-6-20(19)15-18/h1-11,14-16H,12-13,17H2,(H,29,35). The van der Waals surface area contributed by atoms with Gasteiger partial charge in [0.05, 0.1) is 12.1 Å². The fraction of sp³-hybridized carbons (Fsp3) is 0.111. The third-order valence-corrected chi connectivity index (χ3v) is 6.09. The largest absolute Gasteiger partial charge is 0.350 e. The topological polar surface area (TPSA) is 77.1 Å². The van der Waals surface area contributed by atoms with Crippen molar-refractivity contribution in [2.24, 2.45) is 0 Å². The zero-order valence-corrected chi connectivity index (χ0v) is 18.7. The Hall–Kier alpha value is -4.59. The number of pyridine rings is 1. The molecule has 3 aromatic carbocycles. The first kappa shape index (κ1) is 21.0. The number of halogens is 1. The Bertz CT molecular complexity index is 1700. The summed E-state index contributed by atoms with van der Waals surface area (Å²) in [5.74, 6) is -0.0166. The van der Waals surface area contributed by atoms with Crippen LogP contribution in [-0.2, 0) is 13.0 Å². The third-order valence-electron chi connectivity index (χ3n) is 6.09. The molecular weight excluding hydrogens is 443 g/mol. The summed E-state index contributed by atoms with van der Waals surface area (Å²) in [7, 11) is 0. The molecule has 0 aliphatic heterocycles. The highest BCUT2D eigenvalue weighted by Crippen LogP contribution is 2.23. The first-order valence-electron chi connectivity index (χ1n) is 11.4. The summed E-state index contributed by atoms with van der Waals surface area (Å²) in [6, 6.07) is 24.4. The average Bonchev–Trinajstić information content (AvgIpc) is 3.45. The van der Waals surface area contributed by atoms with Gasteiger partial charge < -0.3 is 5.32 Å². The van der Waals surface area contributed by atoms with E-state index in [-0.39, 0.29) is 11.6 Å². The lowest BCUT2D eigenvalue weighted by molar-refractivity contribution is 0.0949. The van der Waals surface area contributed by atoms with Gasteiger partial charge in [0.15, 0.2) is 11.3 Å². The molecule has 0 atom stereocenters. The molecular formula is C27H21FN6O. The van der Waals surface area contributed by atoms with Crippen LogP contribution in [0.3, 0.4) is 0 Å². The number of hydrogen-bond donors (Lipinski definition) is 1. The van der Waals surface area contributed by atoms with Crippen LogP contribution in [0.25, 0.3) is 27.3 Å². The second-order valence-electron chi connectivity index (χ2n) is 8.40. The number of carbonyl (C=O) groups excluding carboxylic acids is 1. The van der Waals surface area contributed by atoms with E-state index < -0.39 is 5.82 Å². The fourth-order valence-corrected chi connectivity index (χ4v) is 4.38. The zero-order valence-electron chi connectivity index (χ0n) is 18.7. The van der Waals surface area contributed by atoms with Gasteiger partial charge in [-0.15, -0.1) is 10.2 Å². The highest BCUT2D eigenvalue weighted by molar-refractivity contribution is 6.04. The maximum atomic E-state index is 14.1. The second-order valence-corrected chi connectivity index (χ2v) is 8.40. The molecule has 6 rings (SSSR count). The Morgan fingerprint density at radius 2 is 1.77 bits per heavy atom. The Morgan fingerprint density at radius 3 is 2.69 bits per heavy atom. The predicted molar refractivity (Wildman–Crippen MR) is 132 cm³/mol. The van der Waals surface area contributed by atoms with E-state index in [2.05, 4.69) is 44.9 Å². The van der Waals surface area contributed by atoms with Crippen molar-refractivity contribution >= 4 is 33.2 Å². The molecule has 0 aliphatic rings. The molecule has 0 saturated heterocycles. The van der Waals surface area contributed by atoms with Crippen molar-refractivity contribution in [3.05, 3.63) is 108 Å². The normalized spacial score (nSPS) is 11.5. The van der Waals surface area contributed by atoms with E-state index in [4.69, 9.17) is 0 Å². The van der Waals surface area contributed by atoms with Crippen LogP contribution in [0.15, 0.2) is 85.1 Å². The number of nitrogens with one attached hydrogen (secondary N) is 1. The van der Waals surface area contributed by atoms with Gasteiger partial charge in [0, 0.05) is 24.5 Å². The van der Waals surface area contributed by atoms with Crippen molar-refractivity contribution in [2.75, 3.05) is 6.54 Å². The Labute approximate surface area is 199 Å². The van der Waals surface area contributed by atoms with Crippen molar-refractivity contribution in [3.63, 3.8) is 0 Å². The van der Waals surface area contributed by atoms with Crippen LogP contribution in [0.5, 0.6) is 0 Å². The van der Waals surface area contributed by atoms with E-state index in [1.807, 2.05) is 47.0 Å². The van der Waals surface area contributed by atoms with Gasteiger partial charge in [-0.05, 0) is 52.7 Å². The number of fused-ring (bicyclic) bond motifs is 3. The molecule has 0 fully saturated rings. The van der Waals surface area contributed by atoms with Gasteiger partial charge in [-0.2, -0.15) is 5.10 Å². The Morgan fingerprint density at radius 1 is 0.914 bits per heavy atom. The molecule has 1 amide bonds. The van der Waals surface area contributed by atoms with Crippen LogP contribution in [-0.4, -0.2) is 36.8 Å². The van der Waals surface area contributed by atoms with Crippen LogP contribution in [0.2, 0.25) is 0 Å². The highest BCUT2D eigenvalue weighted by atomic mass is 19.1. The summed E-state index contributed by atoms with van der Waals surface area (Å²) >= 11 is 0. The van der Waals surface area contributed by atoms with E-state index in [9.17, 15) is 9.18 Å². The lowest BCUT2D eigenvalue weighted by Gasteiger charge is -2.06. The first-order chi connectivity index (χ1) is 17.2. The van der Waals surface area contributed by atoms with E-state index >= 15 is 0 Å². The second kappa shape index (κ2) is 8.64. The minimum absolute atomic E-state index is 0.200. The van der Waals surface area contributed by atoms with Crippen molar-refractivity contribution in [2.45, 2.75) is 13.0 Å². The number of carbonyl (C=O) groups is 1. The van der Waals surface area contributed by atoms with Gasteiger partial charge in [-0.3, -0.25) is 13.9 Å². The van der Waals surface area contributed by atoms with Gasteiger partial charge in [-0.1, -0.05) is 42.5 Å². The summed E-state index contributed by atoms with van der Waals surface area (Å²) in [5, 5.41) is 18.6. The SMILES string of the molecule is O=C(NCCc1nnc2ccccn12)c1nn(Cc2ccc3ccccc3c2)c2ccc(F)cc12. The molecule has 0 radical (unpaired) electrons. The van der Waals surface area contributed by atoms with Crippen LogP contribution in [0.4, 0.5) is 4.39 Å². The summed E-state index contributed by atoms with van der Waals surface area (Å²) in [6.45, 7) is 0.814. The van der Waals surface area contributed by atoms with Crippen molar-refractivity contribution < 1.29 is 9.18 Å². The maximum Gasteiger partial charge on any atom is 0.272 e. The number of rotatable bonds is 6. The molecule has 0 bridgehead atoms. The quantitative estimate of drug-likeness (QED) is 0.397. The van der Waals surface area contributed by atoms with Crippen molar-refractivity contribution in [1.82, 2.24) is 29.7 Å². The molecule has 172 valence electrons. The molecule has 7 nitrogen and oxygen atoms in total. The van der Waals surface area contributed by atoms with Crippen LogP contribution in [0, 0.1) is 5.82 Å². The summed E-state index contributed by atoms with van der Waals surface area (Å²) < 4.78 is 17.7. The Kier molecular flexibility index (Phi) is 5.18. The Balaban J connectivity index is 1.25. The van der Waals surface area contributed by atoms with Gasteiger partial charge >= 0.3 is 0 Å². The van der Waals surface area contributed by atoms with E-state index in [0.29, 0.717) is 30.4 Å². The van der Waals surface area contributed by atoms with Crippen molar-refractivity contribution in [1.29, 1.82) is 0 Å². The lowest BCUT2D eigenvalue weighted by atomic mass is 10.1. The molecule has 3 heterocycles. The van der Waals surface area contributed by atoms with Crippen LogP contribution < -0.4 is 5.32 Å². The number of aromatic nitrogens is 5. The maximum absolute atomic E-state index is 14.1. The first-order valence-corrected chi connectivity index (χ1v) is 11.4. The molecule has 8 heteroatoms. The van der Waals surface area contributed by atoms with Gasteiger partial charge in [0.25, 0.3) is 5.91 Å². The summed E-state index contributed by atoms with van der Waals surface area (Å²) in [6.07, 6.45) is 2.39. The molecule has 3 aromatic heterocycles. The molecule has 35 heavy (non-hydrogen) atoms. The fourth-order valence-electron chi connectivity index (χ4n) is 4.38. The summed E-state index contributed by atoms with van der Waals surface area (Å²) in [4.78, 5) is 13.1. The minimum Gasteiger partial charge on any atom is -0.350 e. The minimum atomic E-state index is -0.410. The molecule has 6 aromatic rings. The lowest BCUT2D eigenvalue weighted by Crippen LogP contribution is -2.27. The zero-order chi connectivity index (χ0) is 23.8. The number of nitrogens with zero attached hydrogens (tertiary/aromatic N) is 5. The van der Waals surface area contributed by atoms with E-state index in [1.54, 1.807) is 10.7 Å². The average molecular weight is 465 g/mol. The summed E-state index contributed by atoms with van der Waals surface area (Å²) in [5.41, 5.74) is 2.70. The molecule has 1 N–H and O–H groups in total. The number of benzene rings is 3. The van der Waals surface area contributed by atoms with Gasteiger partial charge in [-0.25, -0.2) is 4.39 Å². The van der Waals surface area contributed by atoms with Gasteiger partial charge in [0.2, 0.25) is 0 Å². The van der Waals surface area contributed by atoms with Crippen LogP contribution >= 0.6 is 0 Å². The molecule has 0 aliphatic carbocycles. The van der Waals surface area contributed by atoms with E-state index in [1.165, 1.54) is 12.1 Å². The number of amides is 1. The smallest absolute Gasteiger partial charge is 0.272 e. The highest BCUT2D eigenvalue weighted by Gasteiger charge is 2.18. The molecule has 0 spiro atoms. The number of hydrogen-bond acceptors (Lipinski definition) is 4. The van der Waals surface area contributed by atoms with Crippen LogP contribution in [0.1, 0.15) is 21.9 Å². The monoisotopic (exact) mass is 464 g/mol. The predicted octanol–water partition coefficient (Wildman–Crippen LogP) is 4.39. The third kappa shape index (κ3) is 3.99.